The topological polar surface area (TPSA) is 125 Å². The molecule has 4 aromatic carbocycles. The molecule has 1 aliphatic heterocycles. The summed E-state index contributed by atoms with van der Waals surface area (Å²) in [4.78, 5) is 43.7. The van der Waals surface area contributed by atoms with E-state index in [4.69, 9.17) is 14.5 Å². The van der Waals surface area contributed by atoms with Gasteiger partial charge in [0.1, 0.15) is 18.1 Å². The van der Waals surface area contributed by atoms with E-state index in [1.807, 2.05) is 54.6 Å². The van der Waals surface area contributed by atoms with Crippen LogP contribution in [0.25, 0.3) is 6.08 Å². The first-order valence-corrected chi connectivity index (χ1v) is 16.9. The highest BCUT2D eigenvalue weighted by atomic mass is 79.9. The van der Waals surface area contributed by atoms with Crippen LogP contribution in [0.5, 0.6) is 11.5 Å². The van der Waals surface area contributed by atoms with E-state index in [9.17, 15) is 19.7 Å². The van der Waals surface area contributed by atoms with Gasteiger partial charge in [0.2, 0.25) is 0 Å². The van der Waals surface area contributed by atoms with Crippen LogP contribution in [0.2, 0.25) is 0 Å². The van der Waals surface area contributed by atoms with Crippen molar-refractivity contribution in [1.29, 1.82) is 0 Å². The van der Waals surface area contributed by atoms with Crippen molar-refractivity contribution in [2.45, 2.75) is 19.6 Å². The normalized spacial score (nSPS) is 14.2. The van der Waals surface area contributed by atoms with Crippen LogP contribution in [0.3, 0.4) is 0 Å². The summed E-state index contributed by atoms with van der Waals surface area (Å²) in [6.07, 6.45) is 1.77. The average molecular weight is 790 g/mol. The fraction of sp³-hybridized carbons (Fsp3) is 0.114. The van der Waals surface area contributed by atoms with Crippen LogP contribution in [0.1, 0.15) is 29.7 Å². The minimum Gasteiger partial charge on any atom is -0.497 e. The van der Waals surface area contributed by atoms with Gasteiger partial charge in [-0.15, -0.1) is 0 Å². The number of carbonyl (C=O) groups is 1. The van der Waals surface area contributed by atoms with Gasteiger partial charge < -0.3 is 14.8 Å². The SMILES string of the molecule is COc1cccc([C@H]2C(C(=O)Nc3ccccc3)=C(C)N=c3s/c(=C\c4cc(Br)c(OCc5ccc([N+](=O)[O-])cc5)c(Br)c4)c(=O)n32)c1. The van der Waals surface area contributed by atoms with E-state index in [2.05, 4.69) is 37.2 Å². The highest BCUT2D eigenvalue weighted by molar-refractivity contribution is 9.11. The minimum atomic E-state index is -0.754. The van der Waals surface area contributed by atoms with Crippen LogP contribution in [0.4, 0.5) is 11.4 Å². The Kier molecular flexibility index (Phi) is 9.71. The molecule has 13 heteroatoms. The number of non-ortho nitro benzene ring substituents is 1. The molecule has 1 aromatic heterocycles. The molecule has 0 spiro atoms. The highest BCUT2D eigenvalue weighted by Crippen LogP contribution is 2.36. The van der Waals surface area contributed by atoms with Crippen molar-refractivity contribution in [2.24, 2.45) is 4.99 Å². The van der Waals surface area contributed by atoms with Gasteiger partial charge in [0.15, 0.2) is 4.80 Å². The molecule has 0 aliphatic carbocycles. The van der Waals surface area contributed by atoms with Crippen LogP contribution in [0, 0.1) is 10.1 Å². The third-order valence-electron chi connectivity index (χ3n) is 7.56. The summed E-state index contributed by atoms with van der Waals surface area (Å²) in [7, 11) is 1.57. The number of hydrogen-bond donors (Lipinski definition) is 1. The number of ether oxygens (including phenoxy) is 2. The lowest BCUT2D eigenvalue weighted by Gasteiger charge is -2.25. The van der Waals surface area contributed by atoms with Crippen LogP contribution >= 0.6 is 43.2 Å². The molecule has 242 valence electrons. The number of nitrogens with one attached hydrogen (secondary N) is 1. The summed E-state index contributed by atoms with van der Waals surface area (Å²) in [5.74, 6) is 0.772. The lowest BCUT2D eigenvalue weighted by molar-refractivity contribution is -0.384. The van der Waals surface area contributed by atoms with Crippen LogP contribution in [-0.2, 0) is 11.4 Å². The summed E-state index contributed by atoms with van der Waals surface area (Å²) in [5, 5.41) is 13.9. The van der Waals surface area contributed by atoms with E-state index in [0.29, 0.717) is 52.3 Å². The zero-order valence-corrected chi connectivity index (χ0v) is 29.5. The van der Waals surface area contributed by atoms with E-state index in [1.54, 1.807) is 48.9 Å². The van der Waals surface area contributed by atoms with E-state index in [0.717, 1.165) is 11.1 Å². The summed E-state index contributed by atoms with van der Waals surface area (Å²) >= 11 is 8.39. The first-order valence-electron chi connectivity index (χ1n) is 14.5. The van der Waals surface area contributed by atoms with Gasteiger partial charge in [-0.25, -0.2) is 4.99 Å². The van der Waals surface area contributed by atoms with Gasteiger partial charge in [0, 0.05) is 17.8 Å². The number of nitro benzene ring substituents is 1. The van der Waals surface area contributed by atoms with Gasteiger partial charge in [-0.3, -0.25) is 24.3 Å². The second-order valence-electron chi connectivity index (χ2n) is 10.7. The predicted octanol–water partition coefficient (Wildman–Crippen LogP) is 6.89. The number of fused-ring (bicyclic) bond motifs is 1. The summed E-state index contributed by atoms with van der Waals surface area (Å²) < 4.78 is 14.8. The van der Waals surface area contributed by atoms with E-state index >= 15 is 0 Å². The van der Waals surface area contributed by atoms with Gasteiger partial charge in [-0.2, -0.15) is 0 Å². The average Bonchev–Trinajstić information content (AvgIpc) is 3.37. The Hall–Kier alpha value is -4.85. The summed E-state index contributed by atoms with van der Waals surface area (Å²) in [6, 6.07) is 25.5. The third kappa shape index (κ3) is 6.89. The molecule has 0 saturated carbocycles. The third-order valence-corrected chi connectivity index (χ3v) is 9.72. The smallest absolute Gasteiger partial charge is 0.271 e. The number of hydrogen-bond acceptors (Lipinski definition) is 8. The quantitative estimate of drug-likeness (QED) is 0.128. The molecule has 2 heterocycles. The highest BCUT2D eigenvalue weighted by Gasteiger charge is 2.33. The van der Waals surface area contributed by atoms with Gasteiger partial charge in [-0.1, -0.05) is 41.7 Å². The lowest BCUT2D eigenvalue weighted by atomic mass is 9.95. The van der Waals surface area contributed by atoms with Crippen LogP contribution in [0.15, 0.2) is 121 Å². The Labute approximate surface area is 295 Å². The molecule has 0 saturated heterocycles. The Morgan fingerprint density at radius 3 is 2.42 bits per heavy atom. The molecule has 1 N–H and O–H groups in total. The molecule has 0 fully saturated rings. The maximum atomic E-state index is 14.2. The minimum absolute atomic E-state index is 0.00685. The number of carbonyl (C=O) groups excluding carboxylic acids is 1. The molecule has 1 aliphatic rings. The van der Waals surface area contributed by atoms with Crippen molar-refractivity contribution in [2.75, 3.05) is 12.4 Å². The Morgan fingerprint density at radius 1 is 1.04 bits per heavy atom. The lowest BCUT2D eigenvalue weighted by Crippen LogP contribution is -2.40. The van der Waals surface area contributed by atoms with Crippen molar-refractivity contribution in [3.05, 3.63) is 158 Å². The maximum Gasteiger partial charge on any atom is 0.271 e. The number of para-hydroxylation sites is 1. The first kappa shape index (κ1) is 33.1. The molecule has 1 atom stereocenters. The molecule has 0 bridgehead atoms. The number of aromatic nitrogens is 1. The maximum absolute atomic E-state index is 14.2. The van der Waals surface area contributed by atoms with Crippen molar-refractivity contribution in [1.82, 2.24) is 4.57 Å². The van der Waals surface area contributed by atoms with E-state index < -0.39 is 11.0 Å². The standard InChI is InChI=1S/C35H26Br2N4O6S/c1-20-30(33(42)39-24-8-4-3-5-9-24)31(23-7-6-10-26(18-23)46-2)40-34(43)29(48-35(40)38-20)17-22-15-27(36)32(28(37)16-22)47-19-21-11-13-25(14-12-21)41(44)45/h3-18,31H,19H2,1-2H3,(H,39,42)/b29-17-/t31-/m0/s1. The Morgan fingerprint density at radius 2 is 1.75 bits per heavy atom. The zero-order chi connectivity index (χ0) is 33.9. The van der Waals surface area contributed by atoms with E-state index in [-0.39, 0.29) is 23.8 Å². The van der Waals surface area contributed by atoms with Gasteiger partial charge in [-0.05, 0) is 110 Å². The molecule has 10 nitrogen and oxygen atoms in total. The van der Waals surface area contributed by atoms with Gasteiger partial charge >= 0.3 is 0 Å². The number of thiazole rings is 1. The molecule has 0 unspecified atom stereocenters. The number of allylic oxidation sites excluding steroid dienone is 1. The summed E-state index contributed by atoms with van der Waals surface area (Å²) in [5.41, 5.74) is 3.38. The number of nitro groups is 1. The van der Waals surface area contributed by atoms with Crippen LogP contribution < -0.4 is 29.7 Å². The number of benzene rings is 4. The number of amides is 1. The number of rotatable bonds is 9. The fourth-order valence-electron chi connectivity index (χ4n) is 5.28. The predicted molar refractivity (Wildman–Crippen MR) is 191 cm³/mol. The fourth-order valence-corrected chi connectivity index (χ4v) is 7.78. The molecule has 48 heavy (non-hydrogen) atoms. The van der Waals surface area contributed by atoms with Crippen molar-refractivity contribution < 1.29 is 19.2 Å². The second kappa shape index (κ2) is 14.1. The number of anilines is 1. The Bertz CT molecular complexity index is 2240. The van der Waals surface area contributed by atoms with Crippen molar-refractivity contribution in [3.63, 3.8) is 0 Å². The summed E-state index contributed by atoms with van der Waals surface area (Å²) in [6.45, 7) is 1.96. The zero-order valence-electron chi connectivity index (χ0n) is 25.5. The van der Waals surface area contributed by atoms with Gasteiger partial charge in [0.05, 0.1) is 42.8 Å². The van der Waals surface area contributed by atoms with Gasteiger partial charge in [0.25, 0.3) is 17.2 Å². The number of nitrogens with zero attached hydrogens (tertiary/aromatic N) is 3. The molecular formula is C35H26Br2N4O6S. The molecule has 6 rings (SSSR count). The van der Waals surface area contributed by atoms with Crippen LogP contribution in [-0.4, -0.2) is 22.5 Å². The van der Waals surface area contributed by atoms with Crippen molar-refractivity contribution in [3.8, 4) is 11.5 Å². The first-order chi connectivity index (χ1) is 23.1. The molecule has 1 amide bonds. The number of halogens is 2. The Balaban J connectivity index is 1.36. The molecule has 0 radical (unpaired) electrons. The largest absolute Gasteiger partial charge is 0.497 e. The van der Waals surface area contributed by atoms with Crippen molar-refractivity contribution >= 4 is 66.6 Å². The molecular weight excluding hydrogens is 764 g/mol. The number of methoxy groups -OCH3 is 1. The second-order valence-corrected chi connectivity index (χ2v) is 13.4. The monoisotopic (exact) mass is 788 g/mol. The molecule has 5 aromatic rings. The van der Waals surface area contributed by atoms with E-state index in [1.165, 1.54) is 23.5 Å².